The van der Waals surface area contributed by atoms with Gasteiger partial charge in [-0.1, -0.05) is 43.7 Å². The van der Waals surface area contributed by atoms with Gasteiger partial charge in [-0.25, -0.2) is 0 Å². The van der Waals surface area contributed by atoms with Gasteiger partial charge in [-0.2, -0.15) is 0 Å². The summed E-state index contributed by atoms with van der Waals surface area (Å²) in [4.78, 5) is 12.2. The minimum atomic E-state index is -0.187. The van der Waals surface area contributed by atoms with E-state index in [2.05, 4.69) is 28.2 Å². The Morgan fingerprint density at radius 3 is 2.48 bits per heavy atom. The van der Waals surface area contributed by atoms with E-state index in [9.17, 15) is 4.79 Å². The van der Waals surface area contributed by atoms with Gasteiger partial charge in [-0.05, 0) is 58.3 Å². The molecule has 1 N–H and O–H groups in total. The molecule has 0 radical (unpaired) electrons. The maximum atomic E-state index is 12.2. The summed E-state index contributed by atoms with van der Waals surface area (Å²) in [5.41, 5.74) is 1.70. The summed E-state index contributed by atoms with van der Waals surface area (Å²) in [6, 6.07) is 17.1. The summed E-state index contributed by atoms with van der Waals surface area (Å²) in [6.45, 7) is 2.84. The molecule has 0 atom stereocenters. The first-order valence-corrected chi connectivity index (χ1v) is 8.45. The van der Waals surface area contributed by atoms with Gasteiger partial charge in [0.2, 0.25) is 0 Å². The van der Waals surface area contributed by atoms with Crippen molar-refractivity contribution in [3.63, 3.8) is 0 Å². The molecule has 4 heteroatoms. The molecule has 2 aromatic carbocycles. The topological polar surface area (TPSA) is 38.3 Å². The highest BCUT2D eigenvalue weighted by Crippen LogP contribution is 2.19. The Morgan fingerprint density at radius 2 is 1.83 bits per heavy atom. The zero-order chi connectivity index (χ0) is 16.5. The second kappa shape index (κ2) is 9.16. The first-order valence-electron chi connectivity index (χ1n) is 7.65. The third kappa shape index (κ3) is 5.91. The summed E-state index contributed by atoms with van der Waals surface area (Å²) in [5.74, 6) is 0.629. The molecule has 0 bridgehead atoms. The number of halogens is 1. The quantitative estimate of drug-likeness (QED) is 0.532. The fraction of sp³-hybridized carbons (Fsp3) is 0.211. The number of amides is 1. The number of anilines is 1. The lowest BCUT2D eigenvalue weighted by Gasteiger charge is -2.08. The number of carbonyl (C=O) groups is 1. The largest absolute Gasteiger partial charge is 0.494 e. The first kappa shape index (κ1) is 17.3. The SMILES string of the molecule is CCCCOc1ccc(NC(=O)C(Br)=Cc2ccccc2)cc1. The molecule has 0 aliphatic rings. The van der Waals surface area contributed by atoms with Crippen LogP contribution in [0.2, 0.25) is 0 Å². The predicted octanol–water partition coefficient (Wildman–Crippen LogP) is 5.24. The molecule has 0 saturated carbocycles. The molecular formula is C19H20BrNO2. The van der Waals surface area contributed by atoms with Crippen LogP contribution in [0.3, 0.4) is 0 Å². The van der Waals surface area contributed by atoms with E-state index in [4.69, 9.17) is 4.74 Å². The molecule has 120 valence electrons. The van der Waals surface area contributed by atoms with Gasteiger partial charge in [0.1, 0.15) is 5.75 Å². The van der Waals surface area contributed by atoms with Crippen LogP contribution >= 0.6 is 15.9 Å². The van der Waals surface area contributed by atoms with Crippen LogP contribution in [0.1, 0.15) is 25.3 Å². The van der Waals surface area contributed by atoms with E-state index >= 15 is 0 Å². The van der Waals surface area contributed by atoms with Gasteiger partial charge in [0.15, 0.2) is 0 Å². The number of hydrogen-bond donors (Lipinski definition) is 1. The Morgan fingerprint density at radius 1 is 1.13 bits per heavy atom. The lowest BCUT2D eigenvalue weighted by Crippen LogP contribution is -2.11. The van der Waals surface area contributed by atoms with Gasteiger partial charge in [-0.3, -0.25) is 4.79 Å². The smallest absolute Gasteiger partial charge is 0.262 e. The summed E-state index contributed by atoms with van der Waals surface area (Å²) >= 11 is 3.32. The molecule has 1 amide bonds. The summed E-state index contributed by atoms with van der Waals surface area (Å²) in [7, 11) is 0. The van der Waals surface area contributed by atoms with Gasteiger partial charge in [0, 0.05) is 5.69 Å². The summed E-state index contributed by atoms with van der Waals surface area (Å²) < 4.78 is 6.08. The molecule has 0 saturated heterocycles. The number of unbranched alkanes of at least 4 members (excludes halogenated alkanes) is 1. The molecule has 0 heterocycles. The number of benzene rings is 2. The molecule has 2 aromatic rings. The van der Waals surface area contributed by atoms with Crippen LogP contribution in [-0.2, 0) is 4.79 Å². The van der Waals surface area contributed by atoms with Crippen molar-refractivity contribution in [2.45, 2.75) is 19.8 Å². The van der Waals surface area contributed by atoms with Gasteiger partial charge in [0.05, 0.1) is 11.1 Å². The molecule has 0 fully saturated rings. The standard InChI is InChI=1S/C19H20BrNO2/c1-2-3-13-23-17-11-9-16(10-12-17)21-19(22)18(20)14-15-7-5-4-6-8-15/h4-12,14H,2-3,13H2,1H3,(H,21,22). The molecule has 2 rings (SSSR count). The van der Waals surface area contributed by atoms with E-state index in [1.807, 2.05) is 54.6 Å². The molecule has 0 unspecified atom stereocenters. The zero-order valence-electron chi connectivity index (χ0n) is 13.1. The van der Waals surface area contributed by atoms with E-state index in [1.165, 1.54) is 0 Å². The molecule has 0 aromatic heterocycles. The molecule has 23 heavy (non-hydrogen) atoms. The Balaban J connectivity index is 1.93. The van der Waals surface area contributed by atoms with Crippen molar-refractivity contribution in [1.82, 2.24) is 0 Å². The Hall–Kier alpha value is -2.07. The molecule has 0 aliphatic carbocycles. The Bertz CT molecular complexity index is 651. The van der Waals surface area contributed by atoms with Crippen LogP contribution in [0.4, 0.5) is 5.69 Å². The molecule has 3 nitrogen and oxygen atoms in total. The third-order valence-electron chi connectivity index (χ3n) is 3.19. The number of hydrogen-bond acceptors (Lipinski definition) is 2. The monoisotopic (exact) mass is 373 g/mol. The number of nitrogens with one attached hydrogen (secondary N) is 1. The second-order valence-corrected chi connectivity index (χ2v) is 5.94. The van der Waals surface area contributed by atoms with E-state index in [1.54, 1.807) is 6.08 Å². The normalized spacial score (nSPS) is 11.1. The highest BCUT2D eigenvalue weighted by molar-refractivity contribution is 9.12. The predicted molar refractivity (Wildman–Crippen MR) is 98.8 cm³/mol. The Labute approximate surface area is 145 Å². The van der Waals surface area contributed by atoms with Crippen molar-refractivity contribution in [2.75, 3.05) is 11.9 Å². The highest BCUT2D eigenvalue weighted by Gasteiger charge is 2.07. The average molecular weight is 374 g/mol. The third-order valence-corrected chi connectivity index (χ3v) is 3.78. The number of rotatable bonds is 7. The zero-order valence-corrected chi connectivity index (χ0v) is 14.7. The van der Waals surface area contributed by atoms with Crippen LogP contribution in [0.25, 0.3) is 6.08 Å². The van der Waals surface area contributed by atoms with Crippen molar-refractivity contribution in [2.24, 2.45) is 0 Å². The fourth-order valence-electron chi connectivity index (χ4n) is 1.92. The molecular weight excluding hydrogens is 354 g/mol. The maximum Gasteiger partial charge on any atom is 0.262 e. The minimum Gasteiger partial charge on any atom is -0.494 e. The van der Waals surface area contributed by atoms with Crippen molar-refractivity contribution in [3.05, 3.63) is 64.6 Å². The lowest BCUT2D eigenvalue weighted by atomic mass is 10.2. The minimum absolute atomic E-state index is 0.187. The van der Waals surface area contributed by atoms with E-state index in [-0.39, 0.29) is 5.91 Å². The van der Waals surface area contributed by atoms with Crippen molar-refractivity contribution in [1.29, 1.82) is 0 Å². The lowest BCUT2D eigenvalue weighted by molar-refractivity contribution is -0.112. The second-order valence-electron chi connectivity index (χ2n) is 5.08. The number of carbonyl (C=O) groups excluding carboxylic acids is 1. The maximum absolute atomic E-state index is 12.2. The summed E-state index contributed by atoms with van der Waals surface area (Å²) in [6.07, 6.45) is 3.93. The van der Waals surface area contributed by atoms with Gasteiger partial charge in [-0.15, -0.1) is 0 Å². The van der Waals surface area contributed by atoms with Crippen molar-refractivity contribution in [3.8, 4) is 5.75 Å². The van der Waals surface area contributed by atoms with Gasteiger partial charge >= 0.3 is 0 Å². The average Bonchev–Trinajstić information content (AvgIpc) is 2.57. The van der Waals surface area contributed by atoms with Crippen LogP contribution in [0.5, 0.6) is 5.75 Å². The van der Waals surface area contributed by atoms with Crippen LogP contribution in [-0.4, -0.2) is 12.5 Å². The van der Waals surface area contributed by atoms with Gasteiger partial charge < -0.3 is 10.1 Å². The molecule has 0 aliphatic heterocycles. The van der Waals surface area contributed by atoms with Crippen LogP contribution in [0, 0.1) is 0 Å². The van der Waals surface area contributed by atoms with Crippen molar-refractivity contribution < 1.29 is 9.53 Å². The fourth-order valence-corrected chi connectivity index (χ4v) is 2.28. The van der Waals surface area contributed by atoms with Crippen molar-refractivity contribution >= 4 is 33.6 Å². The molecule has 0 spiro atoms. The first-order chi connectivity index (χ1) is 11.2. The van der Waals surface area contributed by atoms with E-state index in [0.717, 1.165) is 29.8 Å². The van der Waals surface area contributed by atoms with Crippen LogP contribution < -0.4 is 10.1 Å². The van der Waals surface area contributed by atoms with Crippen LogP contribution in [0.15, 0.2) is 59.1 Å². The highest BCUT2D eigenvalue weighted by atomic mass is 79.9. The number of ether oxygens (including phenoxy) is 1. The Kier molecular flexibility index (Phi) is 6.88. The van der Waals surface area contributed by atoms with E-state index in [0.29, 0.717) is 11.1 Å². The van der Waals surface area contributed by atoms with E-state index < -0.39 is 0 Å². The van der Waals surface area contributed by atoms with Gasteiger partial charge in [0.25, 0.3) is 5.91 Å². The summed E-state index contributed by atoms with van der Waals surface area (Å²) in [5, 5.41) is 2.85.